The lowest BCUT2D eigenvalue weighted by atomic mass is 9.93. The molecule has 28 heavy (non-hydrogen) atoms. The monoisotopic (exact) mass is 446 g/mol. The third-order valence-corrected chi connectivity index (χ3v) is 6.93. The fraction of sp³-hybridized carbons (Fsp3) is 0.650. The molecule has 0 saturated carbocycles. The molecule has 2 fully saturated rings. The van der Waals surface area contributed by atoms with E-state index in [4.69, 9.17) is 4.98 Å². The maximum atomic E-state index is 13.0. The van der Waals surface area contributed by atoms with Crippen molar-refractivity contribution in [2.24, 2.45) is 11.3 Å². The van der Waals surface area contributed by atoms with Crippen molar-refractivity contribution in [3.05, 3.63) is 21.9 Å². The number of carbonyl (C=O) groups excluding carboxylic acids is 1. The number of hydrogen-bond acceptors (Lipinski definition) is 5. The average molecular weight is 447 g/mol. The number of fused-ring (bicyclic) bond motifs is 2. The lowest BCUT2D eigenvalue weighted by Crippen LogP contribution is -2.55. The molecule has 1 amide bonds. The molecule has 0 unspecified atom stereocenters. The van der Waals surface area contributed by atoms with Gasteiger partial charge in [-0.15, -0.1) is 0 Å². The number of rotatable bonds is 2. The first-order chi connectivity index (χ1) is 13.4. The predicted octanol–water partition coefficient (Wildman–Crippen LogP) is 1.87. The zero-order valence-electron chi connectivity index (χ0n) is 16.5. The van der Waals surface area contributed by atoms with Gasteiger partial charge in [0.25, 0.3) is 0 Å². The first-order valence-corrected chi connectivity index (χ1v) is 11.0. The van der Waals surface area contributed by atoms with Gasteiger partial charge in [-0.1, -0.05) is 13.8 Å². The minimum atomic E-state index is 0.0932. The molecule has 7 nitrogen and oxygen atoms in total. The zero-order valence-corrected chi connectivity index (χ0v) is 18.1. The number of amides is 1. The van der Waals surface area contributed by atoms with E-state index in [1.807, 2.05) is 10.7 Å². The molecule has 8 heteroatoms. The van der Waals surface area contributed by atoms with Gasteiger partial charge in [0.2, 0.25) is 5.91 Å². The third kappa shape index (κ3) is 3.01. The Morgan fingerprint density at radius 1 is 1.29 bits per heavy atom. The van der Waals surface area contributed by atoms with E-state index in [9.17, 15) is 4.79 Å². The summed E-state index contributed by atoms with van der Waals surface area (Å²) in [4.78, 5) is 22.2. The van der Waals surface area contributed by atoms with Gasteiger partial charge in [0.05, 0.1) is 22.3 Å². The van der Waals surface area contributed by atoms with Crippen molar-refractivity contribution >= 4 is 33.3 Å². The number of anilines is 1. The molecule has 0 aliphatic carbocycles. The standard InChI is InChI=1S/C20H27BrN6O/c1-20(2)5-8-25(12-20)19(28)13-10-26(11-13)18-14-3-6-22-7-4-16(14)24-17-15(21)9-23-27(17)18/h9,13,22H,3-8,10-12H2,1-2H3. The molecule has 5 heterocycles. The number of halogens is 1. The van der Waals surface area contributed by atoms with Gasteiger partial charge in [0.1, 0.15) is 5.82 Å². The highest BCUT2D eigenvalue weighted by Gasteiger charge is 2.41. The Hall–Kier alpha value is -1.67. The van der Waals surface area contributed by atoms with E-state index >= 15 is 0 Å². The van der Waals surface area contributed by atoms with Crippen LogP contribution in [0, 0.1) is 11.3 Å². The highest BCUT2D eigenvalue weighted by Crippen LogP contribution is 2.35. The van der Waals surface area contributed by atoms with Gasteiger partial charge in [-0.25, -0.2) is 4.98 Å². The lowest BCUT2D eigenvalue weighted by Gasteiger charge is -2.42. The van der Waals surface area contributed by atoms with E-state index in [1.165, 1.54) is 5.56 Å². The van der Waals surface area contributed by atoms with Crippen LogP contribution in [0.25, 0.3) is 5.65 Å². The number of likely N-dealkylation sites (tertiary alicyclic amines) is 1. The average Bonchev–Trinajstić information content (AvgIpc) is 3.06. The van der Waals surface area contributed by atoms with Crippen LogP contribution in [0.4, 0.5) is 5.82 Å². The van der Waals surface area contributed by atoms with Crippen molar-refractivity contribution in [1.29, 1.82) is 0 Å². The number of nitrogens with zero attached hydrogens (tertiary/aromatic N) is 5. The molecule has 2 aromatic rings. The highest BCUT2D eigenvalue weighted by molar-refractivity contribution is 9.10. The van der Waals surface area contributed by atoms with Gasteiger partial charge >= 0.3 is 0 Å². The molecule has 150 valence electrons. The van der Waals surface area contributed by atoms with Crippen molar-refractivity contribution in [2.75, 3.05) is 44.2 Å². The summed E-state index contributed by atoms with van der Waals surface area (Å²) in [5.74, 6) is 1.54. The van der Waals surface area contributed by atoms with E-state index in [2.05, 4.69) is 50.0 Å². The molecule has 0 radical (unpaired) electrons. The van der Waals surface area contributed by atoms with Crippen LogP contribution in [0.1, 0.15) is 31.5 Å². The van der Waals surface area contributed by atoms with Crippen LogP contribution in [0.5, 0.6) is 0 Å². The smallest absolute Gasteiger partial charge is 0.229 e. The van der Waals surface area contributed by atoms with Gasteiger partial charge in [0.15, 0.2) is 5.65 Å². The summed E-state index contributed by atoms with van der Waals surface area (Å²) in [6, 6.07) is 0. The fourth-order valence-electron chi connectivity index (χ4n) is 4.73. The molecular weight excluding hydrogens is 420 g/mol. The molecule has 0 atom stereocenters. The summed E-state index contributed by atoms with van der Waals surface area (Å²) in [7, 11) is 0. The van der Waals surface area contributed by atoms with E-state index in [-0.39, 0.29) is 11.3 Å². The predicted molar refractivity (Wildman–Crippen MR) is 112 cm³/mol. The van der Waals surface area contributed by atoms with Crippen molar-refractivity contribution in [2.45, 2.75) is 33.1 Å². The quantitative estimate of drug-likeness (QED) is 0.762. The number of hydrogen-bond donors (Lipinski definition) is 1. The van der Waals surface area contributed by atoms with Crippen LogP contribution in [0.15, 0.2) is 10.7 Å². The molecule has 0 spiro atoms. The minimum Gasteiger partial charge on any atom is -0.354 e. The molecule has 2 saturated heterocycles. The number of aromatic nitrogens is 3. The van der Waals surface area contributed by atoms with Crippen molar-refractivity contribution in [1.82, 2.24) is 24.8 Å². The molecule has 0 aromatic carbocycles. The van der Waals surface area contributed by atoms with Gasteiger partial charge in [-0.2, -0.15) is 9.61 Å². The summed E-state index contributed by atoms with van der Waals surface area (Å²) in [5, 5.41) is 8.04. The molecule has 5 rings (SSSR count). The van der Waals surface area contributed by atoms with Gasteiger partial charge in [-0.05, 0) is 40.7 Å². The van der Waals surface area contributed by atoms with Crippen molar-refractivity contribution < 1.29 is 4.79 Å². The van der Waals surface area contributed by atoms with E-state index in [1.54, 1.807) is 0 Å². The summed E-state index contributed by atoms with van der Waals surface area (Å²) < 4.78 is 2.87. The maximum Gasteiger partial charge on any atom is 0.229 e. The van der Waals surface area contributed by atoms with E-state index in [0.717, 1.165) is 80.2 Å². The molecular formula is C20H27BrN6O. The second-order valence-corrected chi connectivity index (χ2v) is 9.97. The number of nitrogens with one attached hydrogen (secondary N) is 1. The van der Waals surface area contributed by atoms with Crippen LogP contribution < -0.4 is 10.2 Å². The summed E-state index contributed by atoms with van der Waals surface area (Å²) in [5.41, 5.74) is 3.56. The Morgan fingerprint density at radius 3 is 2.82 bits per heavy atom. The van der Waals surface area contributed by atoms with Crippen LogP contribution >= 0.6 is 15.9 Å². The lowest BCUT2D eigenvalue weighted by molar-refractivity contribution is -0.135. The Kier molecular flexibility index (Phi) is 4.39. The van der Waals surface area contributed by atoms with E-state index < -0.39 is 0 Å². The van der Waals surface area contributed by atoms with Crippen molar-refractivity contribution in [3.8, 4) is 0 Å². The van der Waals surface area contributed by atoms with Gasteiger partial charge in [-0.3, -0.25) is 4.79 Å². The van der Waals surface area contributed by atoms with E-state index in [0.29, 0.717) is 5.91 Å². The normalized spacial score (nSPS) is 22.2. The topological polar surface area (TPSA) is 65.8 Å². The largest absolute Gasteiger partial charge is 0.354 e. The highest BCUT2D eigenvalue weighted by atomic mass is 79.9. The first-order valence-electron chi connectivity index (χ1n) is 10.2. The SMILES string of the molecule is CC1(C)CCN(C(=O)C2CN(c3c4c(nc5c(Br)cnn35)CCNCC4)C2)C1. The van der Waals surface area contributed by atoms with Crippen molar-refractivity contribution in [3.63, 3.8) is 0 Å². The maximum absolute atomic E-state index is 13.0. The molecule has 2 aromatic heterocycles. The van der Waals surface area contributed by atoms with Crippen LogP contribution in [-0.4, -0.2) is 64.7 Å². The third-order valence-electron chi connectivity index (χ3n) is 6.37. The molecule has 3 aliphatic rings. The van der Waals surface area contributed by atoms with Crippen LogP contribution in [-0.2, 0) is 17.6 Å². The Bertz CT molecular complexity index is 932. The van der Waals surface area contributed by atoms with Gasteiger partial charge < -0.3 is 15.1 Å². The summed E-state index contributed by atoms with van der Waals surface area (Å²) in [6.07, 6.45) is 4.79. The Balaban J connectivity index is 1.42. The number of carbonyl (C=O) groups is 1. The Labute approximate surface area is 173 Å². The second kappa shape index (κ2) is 6.69. The molecule has 1 N–H and O–H groups in total. The first kappa shape index (κ1) is 18.4. The van der Waals surface area contributed by atoms with Crippen LogP contribution in [0.3, 0.4) is 0 Å². The Morgan fingerprint density at radius 2 is 2.07 bits per heavy atom. The fourth-order valence-corrected chi connectivity index (χ4v) is 5.08. The van der Waals surface area contributed by atoms with Crippen LogP contribution in [0.2, 0.25) is 0 Å². The molecule has 0 bridgehead atoms. The minimum absolute atomic E-state index is 0.0932. The zero-order chi connectivity index (χ0) is 19.5. The summed E-state index contributed by atoms with van der Waals surface area (Å²) >= 11 is 3.59. The summed E-state index contributed by atoms with van der Waals surface area (Å²) in [6.45, 7) is 9.73. The second-order valence-electron chi connectivity index (χ2n) is 9.11. The van der Waals surface area contributed by atoms with Gasteiger partial charge in [0, 0.05) is 44.7 Å². The molecule has 3 aliphatic heterocycles.